The first kappa shape index (κ1) is 15.3. The molecule has 24 heavy (non-hydrogen) atoms. The van der Waals surface area contributed by atoms with Gasteiger partial charge in [0.1, 0.15) is 5.76 Å². The largest absolute Gasteiger partial charge is 0.469 e. The molecule has 2 atom stereocenters. The maximum atomic E-state index is 12.6. The summed E-state index contributed by atoms with van der Waals surface area (Å²) in [6.45, 7) is 2.08. The monoisotopic (exact) mass is 324 g/mol. The van der Waals surface area contributed by atoms with Crippen LogP contribution in [0.4, 0.5) is 4.79 Å². The Labute approximate surface area is 142 Å². The van der Waals surface area contributed by atoms with E-state index in [9.17, 15) is 4.79 Å². The molecule has 1 heterocycles. The number of rotatable bonds is 4. The maximum absolute atomic E-state index is 12.6. The van der Waals surface area contributed by atoms with Crippen LogP contribution in [-0.2, 0) is 6.42 Å². The molecule has 4 rings (SSSR count). The third-order valence-electron chi connectivity index (χ3n) is 5.17. The van der Waals surface area contributed by atoms with Gasteiger partial charge in [0.2, 0.25) is 0 Å². The van der Waals surface area contributed by atoms with Crippen LogP contribution in [0.15, 0.2) is 41.0 Å². The summed E-state index contributed by atoms with van der Waals surface area (Å²) in [5.74, 6) is 1.58. The number of urea groups is 1. The number of aryl methyl sites for hydroxylation is 2. The van der Waals surface area contributed by atoms with Crippen LogP contribution in [0.3, 0.4) is 0 Å². The summed E-state index contributed by atoms with van der Waals surface area (Å²) in [6, 6.07) is 10.6. The van der Waals surface area contributed by atoms with Crippen molar-refractivity contribution in [2.24, 2.45) is 5.92 Å². The van der Waals surface area contributed by atoms with Crippen LogP contribution in [0.25, 0.3) is 0 Å². The number of carbonyl (C=O) groups is 1. The Bertz CT molecular complexity index is 715. The van der Waals surface area contributed by atoms with Crippen LogP contribution in [0.1, 0.15) is 60.2 Å². The zero-order valence-electron chi connectivity index (χ0n) is 14.0. The van der Waals surface area contributed by atoms with Crippen molar-refractivity contribution in [3.05, 3.63) is 59.0 Å². The zero-order chi connectivity index (χ0) is 16.5. The summed E-state index contributed by atoms with van der Waals surface area (Å²) >= 11 is 0. The molecule has 1 saturated carbocycles. The van der Waals surface area contributed by atoms with Crippen molar-refractivity contribution < 1.29 is 9.21 Å². The van der Waals surface area contributed by atoms with Gasteiger partial charge in [0, 0.05) is 12.0 Å². The van der Waals surface area contributed by atoms with E-state index in [1.54, 1.807) is 6.26 Å². The van der Waals surface area contributed by atoms with Crippen molar-refractivity contribution in [3.8, 4) is 0 Å². The standard InChI is InChI=1S/C20H24N2O2/c1-13-5-7-14(8-6-13)19(15-9-10-15)22-20(23)21-17-3-2-4-18-16(17)11-12-24-18/h5-8,11-12,15,17,19H,2-4,9-10H2,1H3,(H2,21,22,23). The number of furan rings is 1. The smallest absolute Gasteiger partial charge is 0.315 e. The van der Waals surface area contributed by atoms with Crippen LogP contribution in [-0.4, -0.2) is 6.03 Å². The summed E-state index contributed by atoms with van der Waals surface area (Å²) in [7, 11) is 0. The van der Waals surface area contributed by atoms with Gasteiger partial charge in [-0.05, 0) is 50.2 Å². The summed E-state index contributed by atoms with van der Waals surface area (Å²) in [5.41, 5.74) is 3.58. The molecule has 0 spiro atoms. The predicted octanol–water partition coefficient (Wildman–Crippen LogP) is 4.42. The van der Waals surface area contributed by atoms with Crippen molar-refractivity contribution in [2.75, 3.05) is 0 Å². The van der Waals surface area contributed by atoms with E-state index < -0.39 is 0 Å². The minimum Gasteiger partial charge on any atom is -0.469 e. The number of benzene rings is 1. The quantitative estimate of drug-likeness (QED) is 0.875. The fourth-order valence-corrected chi connectivity index (χ4v) is 3.65. The summed E-state index contributed by atoms with van der Waals surface area (Å²) in [6.07, 6.45) is 7.09. The van der Waals surface area contributed by atoms with Gasteiger partial charge in [0.15, 0.2) is 0 Å². The van der Waals surface area contributed by atoms with Crippen LogP contribution in [0.5, 0.6) is 0 Å². The molecule has 2 aromatic rings. The second-order valence-electron chi connectivity index (χ2n) is 7.09. The first-order valence-corrected chi connectivity index (χ1v) is 8.90. The first-order valence-electron chi connectivity index (χ1n) is 8.90. The number of hydrogen-bond donors (Lipinski definition) is 2. The van der Waals surface area contributed by atoms with E-state index in [2.05, 4.69) is 41.8 Å². The molecule has 0 bridgehead atoms. The molecule has 2 aliphatic rings. The van der Waals surface area contributed by atoms with Gasteiger partial charge in [0.25, 0.3) is 0 Å². The minimum absolute atomic E-state index is 0.0605. The highest BCUT2D eigenvalue weighted by Gasteiger charge is 2.34. The first-order chi connectivity index (χ1) is 11.7. The summed E-state index contributed by atoms with van der Waals surface area (Å²) in [5, 5.41) is 6.35. The Kier molecular flexibility index (Phi) is 4.05. The Morgan fingerprint density at radius 3 is 2.71 bits per heavy atom. The third kappa shape index (κ3) is 3.18. The highest BCUT2D eigenvalue weighted by atomic mass is 16.3. The lowest BCUT2D eigenvalue weighted by molar-refractivity contribution is 0.229. The van der Waals surface area contributed by atoms with Gasteiger partial charge in [-0.3, -0.25) is 0 Å². The van der Waals surface area contributed by atoms with Crippen molar-refractivity contribution in [1.29, 1.82) is 0 Å². The molecule has 0 aliphatic heterocycles. The van der Waals surface area contributed by atoms with Gasteiger partial charge in [-0.1, -0.05) is 29.8 Å². The van der Waals surface area contributed by atoms with E-state index >= 15 is 0 Å². The van der Waals surface area contributed by atoms with Gasteiger partial charge in [-0.25, -0.2) is 4.79 Å². The highest BCUT2D eigenvalue weighted by Crippen LogP contribution is 2.41. The predicted molar refractivity (Wildman–Crippen MR) is 92.7 cm³/mol. The van der Waals surface area contributed by atoms with Gasteiger partial charge in [0.05, 0.1) is 18.3 Å². The van der Waals surface area contributed by atoms with Crippen molar-refractivity contribution >= 4 is 6.03 Å². The Morgan fingerprint density at radius 1 is 1.17 bits per heavy atom. The van der Waals surface area contributed by atoms with E-state index in [0.29, 0.717) is 5.92 Å². The second kappa shape index (κ2) is 6.34. The molecule has 0 saturated heterocycles. The molecule has 4 heteroatoms. The summed E-state index contributed by atoms with van der Waals surface area (Å²) < 4.78 is 5.51. The van der Waals surface area contributed by atoms with Crippen molar-refractivity contribution in [3.63, 3.8) is 0 Å². The zero-order valence-corrected chi connectivity index (χ0v) is 14.0. The van der Waals surface area contributed by atoms with Gasteiger partial charge >= 0.3 is 6.03 Å². The number of nitrogens with one attached hydrogen (secondary N) is 2. The van der Waals surface area contributed by atoms with Crippen LogP contribution < -0.4 is 10.6 Å². The Balaban J connectivity index is 1.44. The summed E-state index contributed by atoms with van der Waals surface area (Å²) in [4.78, 5) is 12.6. The molecule has 2 aliphatic carbocycles. The average Bonchev–Trinajstić information content (AvgIpc) is 3.30. The minimum atomic E-state index is -0.0773. The molecule has 0 radical (unpaired) electrons. The van der Waals surface area contributed by atoms with E-state index in [1.807, 2.05) is 6.07 Å². The van der Waals surface area contributed by atoms with Crippen molar-refractivity contribution in [1.82, 2.24) is 10.6 Å². The maximum Gasteiger partial charge on any atom is 0.315 e. The third-order valence-corrected chi connectivity index (χ3v) is 5.17. The average molecular weight is 324 g/mol. The van der Waals surface area contributed by atoms with Gasteiger partial charge in [-0.2, -0.15) is 0 Å². The lowest BCUT2D eigenvalue weighted by Crippen LogP contribution is -2.41. The number of amides is 2. The molecule has 1 fully saturated rings. The van der Waals surface area contributed by atoms with Crippen LogP contribution in [0, 0.1) is 12.8 Å². The molecule has 1 aromatic carbocycles. The fraction of sp³-hybridized carbons (Fsp3) is 0.450. The van der Waals surface area contributed by atoms with Gasteiger partial charge < -0.3 is 15.1 Å². The van der Waals surface area contributed by atoms with E-state index in [0.717, 1.165) is 30.6 Å². The number of fused-ring (bicyclic) bond motifs is 1. The van der Waals surface area contributed by atoms with Crippen LogP contribution in [0.2, 0.25) is 0 Å². The Morgan fingerprint density at radius 2 is 1.96 bits per heavy atom. The van der Waals surface area contributed by atoms with E-state index in [1.165, 1.54) is 24.0 Å². The van der Waals surface area contributed by atoms with Crippen LogP contribution >= 0.6 is 0 Å². The highest BCUT2D eigenvalue weighted by molar-refractivity contribution is 5.75. The SMILES string of the molecule is Cc1ccc(C(NC(=O)NC2CCCc3occc32)C2CC2)cc1. The number of hydrogen-bond acceptors (Lipinski definition) is 2. The van der Waals surface area contributed by atoms with Gasteiger partial charge in [-0.15, -0.1) is 0 Å². The lowest BCUT2D eigenvalue weighted by Gasteiger charge is -2.25. The fourth-order valence-electron chi connectivity index (χ4n) is 3.65. The molecular formula is C20H24N2O2. The normalized spacial score (nSPS) is 21.0. The van der Waals surface area contributed by atoms with Crippen molar-refractivity contribution in [2.45, 2.75) is 51.1 Å². The molecule has 2 unspecified atom stereocenters. The molecule has 2 amide bonds. The Hall–Kier alpha value is -2.23. The lowest BCUT2D eigenvalue weighted by atomic mass is 9.93. The van der Waals surface area contributed by atoms with E-state index in [-0.39, 0.29) is 18.1 Å². The molecule has 1 aromatic heterocycles. The molecule has 2 N–H and O–H groups in total. The number of carbonyl (C=O) groups excluding carboxylic acids is 1. The molecular weight excluding hydrogens is 300 g/mol. The molecule has 126 valence electrons. The topological polar surface area (TPSA) is 54.3 Å². The second-order valence-corrected chi connectivity index (χ2v) is 7.09. The van der Waals surface area contributed by atoms with E-state index in [4.69, 9.17) is 4.42 Å². The molecule has 4 nitrogen and oxygen atoms in total.